The van der Waals surface area contributed by atoms with Gasteiger partial charge in [-0.15, -0.1) is 0 Å². The van der Waals surface area contributed by atoms with E-state index in [9.17, 15) is 4.79 Å². The van der Waals surface area contributed by atoms with Crippen molar-refractivity contribution in [1.82, 2.24) is 14.7 Å². The summed E-state index contributed by atoms with van der Waals surface area (Å²) in [5.41, 5.74) is 1.60. The van der Waals surface area contributed by atoms with Gasteiger partial charge in [-0.25, -0.2) is 0 Å². The van der Waals surface area contributed by atoms with Gasteiger partial charge < -0.3 is 4.90 Å². The summed E-state index contributed by atoms with van der Waals surface area (Å²) >= 11 is 0. The molecule has 0 aliphatic rings. The number of aldehydes is 1. The maximum Gasteiger partial charge on any atom is 0.168 e. The van der Waals surface area contributed by atoms with Crippen LogP contribution in [0.15, 0.2) is 6.07 Å². The molecule has 0 amide bonds. The van der Waals surface area contributed by atoms with Gasteiger partial charge in [0.05, 0.1) is 5.69 Å². The third kappa shape index (κ3) is 2.66. The van der Waals surface area contributed by atoms with E-state index in [1.54, 1.807) is 11.7 Å². The number of hydrogen-bond donors (Lipinski definition) is 0. The number of hydrogen-bond acceptors (Lipinski definition) is 3. The molecule has 4 nitrogen and oxygen atoms in total. The van der Waals surface area contributed by atoms with Crippen molar-refractivity contribution in [2.75, 3.05) is 20.6 Å². The predicted octanol–water partition coefficient (Wildman–Crippen LogP) is 0.337. The zero-order chi connectivity index (χ0) is 9.84. The lowest BCUT2D eigenvalue weighted by Gasteiger charge is -2.06. The van der Waals surface area contributed by atoms with Crippen molar-refractivity contribution in [3.8, 4) is 0 Å². The quantitative estimate of drug-likeness (QED) is 0.628. The van der Waals surface area contributed by atoms with E-state index in [1.807, 2.05) is 20.2 Å². The Balaban J connectivity index is 2.63. The van der Waals surface area contributed by atoms with Crippen LogP contribution in [-0.2, 0) is 13.5 Å². The average molecular weight is 181 g/mol. The minimum Gasteiger partial charge on any atom is -0.309 e. The SMILES string of the molecule is CN(C)CCc1cc(C=O)n(C)n1. The van der Waals surface area contributed by atoms with Crippen LogP contribution >= 0.6 is 0 Å². The average Bonchev–Trinajstić information content (AvgIpc) is 2.43. The van der Waals surface area contributed by atoms with Gasteiger partial charge in [0.15, 0.2) is 6.29 Å². The lowest BCUT2D eigenvalue weighted by Crippen LogP contribution is -2.15. The van der Waals surface area contributed by atoms with E-state index in [1.165, 1.54) is 0 Å². The fraction of sp³-hybridized carbons (Fsp3) is 0.556. The molecule has 0 aliphatic carbocycles. The van der Waals surface area contributed by atoms with Crippen LogP contribution in [0.3, 0.4) is 0 Å². The third-order valence-electron chi connectivity index (χ3n) is 1.90. The van der Waals surface area contributed by atoms with Crippen LogP contribution in [0.1, 0.15) is 16.2 Å². The number of carbonyl (C=O) groups excluding carboxylic acids is 1. The van der Waals surface area contributed by atoms with Crippen LogP contribution < -0.4 is 0 Å². The first-order valence-electron chi connectivity index (χ1n) is 4.26. The van der Waals surface area contributed by atoms with Crippen molar-refractivity contribution < 1.29 is 4.79 Å². The summed E-state index contributed by atoms with van der Waals surface area (Å²) in [5.74, 6) is 0. The minimum absolute atomic E-state index is 0.633. The van der Waals surface area contributed by atoms with Crippen molar-refractivity contribution in [3.05, 3.63) is 17.5 Å². The molecule has 1 rings (SSSR count). The molecule has 13 heavy (non-hydrogen) atoms. The van der Waals surface area contributed by atoms with Gasteiger partial charge >= 0.3 is 0 Å². The Morgan fingerprint density at radius 1 is 1.62 bits per heavy atom. The number of aryl methyl sites for hydroxylation is 1. The fourth-order valence-corrected chi connectivity index (χ4v) is 1.11. The van der Waals surface area contributed by atoms with Crippen LogP contribution in [0.2, 0.25) is 0 Å². The van der Waals surface area contributed by atoms with E-state index < -0.39 is 0 Å². The highest BCUT2D eigenvalue weighted by molar-refractivity contribution is 5.72. The molecule has 1 aromatic heterocycles. The molecule has 72 valence electrons. The van der Waals surface area contributed by atoms with Crippen LogP contribution in [-0.4, -0.2) is 41.6 Å². The Bertz CT molecular complexity index is 291. The van der Waals surface area contributed by atoms with Gasteiger partial charge in [0.1, 0.15) is 5.69 Å². The topological polar surface area (TPSA) is 38.1 Å². The molecule has 1 aromatic rings. The molecule has 1 heterocycles. The van der Waals surface area contributed by atoms with E-state index in [2.05, 4.69) is 10.00 Å². The normalized spacial score (nSPS) is 10.8. The molecule has 0 N–H and O–H groups in total. The second kappa shape index (κ2) is 4.18. The molecule has 0 spiro atoms. The van der Waals surface area contributed by atoms with Gasteiger partial charge in [0.25, 0.3) is 0 Å². The Kier molecular flexibility index (Phi) is 3.19. The van der Waals surface area contributed by atoms with Crippen molar-refractivity contribution in [2.24, 2.45) is 7.05 Å². The van der Waals surface area contributed by atoms with Crippen molar-refractivity contribution >= 4 is 6.29 Å². The Morgan fingerprint density at radius 2 is 2.31 bits per heavy atom. The monoisotopic (exact) mass is 181 g/mol. The maximum absolute atomic E-state index is 10.5. The smallest absolute Gasteiger partial charge is 0.168 e. The van der Waals surface area contributed by atoms with Crippen LogP contribution in [0.25, 0.3) is 0 Å². The van der Waals surface area contributed by atoms with E-state index in [0.29, 0.717) is 5.69 Å². The first-order chi connectivity index (χ1) is 6.13. The number of nitrogens with zero attached hydrogens (tertiary/aromatic N) is 3. The molecule has 0 saturated heterocycles. The van der Waals surface area contributed by atoms with E-state index in [-0.39, 0.29) is 0 Å². The Morgan fingerprint density at radius 3 is 2.77 bits per heavy atom. The molecular formula is C9H15N3O. The van der Waals surface area contributed by atoms with Crippen LogP contribution in [0.4, 0.5) is 0 Å². The summed E-state index contributed by atoms with van der Waals surface area (Å²) in [6.45, 7) is 0.954. The summed E-state index contributed by atoms with van der Waals surface area (Å²) in [7, 11) is 5.82. The molecule has 0 atom stereocenters. The molecule has 0 aromatic carbocycles. The van der Waals surface area contributed by atoms with E-state index in [4.69, 9.17) is 0 Å². The first-order valence-corrected chi connectivity index (χ1v) is 4.26. The standard InChI is InChI=1S/C9H15N3O/c1-11(2)5-4-8-6-9(7-13)12(3)10-8/h6-7H,4-5H2,1-3H3. The summed E-state index contributed by atoms with van der Waals surface area (Å²) in [6.07, 6.45) is 1.71. The minimum atomic E-state index is 0.633. The van der Waals surface area contributed by atoms with Crippen molar-refractivity contribution in [1.29, 1.82) is 0 Å². The highest BCUT2D eigenvalue weighted by Gasteiger charge is 2.03. The van der Waals surface area contributed by atoms with Gasteiger partial charge in [0, 0.05) is 20.0 Å². The van der Waals surface area contributed by atoms with Crippen LogP contribution in [0.5, 0.6) is 0 Å². The highest BCUT2D eigenvalue weighted by atomic mass is 16.1. The van der Waals surface area contributed by atoms with Gasteiger partial charge in [0.2, 0.25) is 0 Å². The molecule has 0 saturated carbocycles. The van der Waals surface area contributed by atoms with E-state index >= 15 is 0 Å². The second-order valence-electron chi connectivity index (χ2n) is 3.36. The molecule has 0 fully saturated rings. The van der Waals surface area contributed by atoms with Gasteiger partial charge in [-0.05, 0) is 20.2 Å². The zero-order valence-electron chi connectivity index (χ0n) is 8.32. The number of rotatable bonds is 4. The molecular weight excluding hydrogens is 166 g/mol. The largest absolute Gasteiger partial charge is 0.309 e. The lowest BCUT2D eigenvalue weighted by molar-refractivity contribution is 0.111. The molecule has 0 bridgehead atoms. The van der Waals surface area contributed by atoms with E-state index in [0.717, 1.165) is 24.9 Å². The summed E-state index contributed by atoms with van der Waals surface area (Å²) < 4.78 is 1.61. The fourth-order valence-electron chi connectivity index (χ4n) is 1.11. The lowest BCUT2D eigenvalue weighted by atomic mass is 10.3. The number of carbonyl (C=O) groups is 1. The van der Waals surface area contributed by atoms with Gasteiger partial charge in [-0.3, -0.25) is 9.48 Å². The third-order valence-corrected chi connectivity index (χ3v) is 1.90. The molecule has 4 heteroatoms. The maximum atomic E-state index is 10.5. The summed E-state index contributed by atoms with van der Waals surface area (Å²) in [5, 5.41) is 4.21. The van der Waals surface area contributed by atoms with Gasteiger partial charge in [-0.1, -0.05) is 0 Å². The Hall–Kier alpha value is -1.16. The molecule has 0 aliphatic heterocycles. The highest BCUT2D eigenvalue weighted by Crippen LogP contribution is 2.01. The Labute approximate surface area is 78.1 Å². The number of aromatic nitrogens is 2. The van der Waals surface area contributed by atoms with Gasteiger partial charge in [-0.2, -0.15) is 5.10 Å². The predicted molar refractivity (Wildman–Crippen MR) is 50.9 cm³/mol. The molecule has 0 unspecified atom stereocenters. The zero-order valence-corrected chi connectivity index (χ0v) is 8.32. The summed E-state index contributed by atoms with van der Waals surface area (Å²) in [6, 6.07) is 1.83. The summed E-state index contributed by atoms with van der Waals surface area (Å²) in [4.78, 5) is 12.6. The van der Waals surface area contributed by atoms with Crippen molar-refractivity contribution in [2.45, 2.75) is 6.42 Å². The van der Waals surface area contributed by atoms with Crippen molar-refractivity contribution in [3.63, 3.8) is 0 Å². The van der Waals surface area contributed by atoms with Crippen LogP contribution in [0, 0.1) is 0 Å². The molecule has 0 radical (unpaired) electrons. The number of likely N-dealkylation sites (N-methyl/N-ethyl adjacent to an activating group) is 1. The second-order valence-corrected chi connectivity index (χ2v) is 3.36. The first kappa shape index (κ1) is 9.92.